The standard InChI is InChI=1S/C37H63N5O7S/c1-22(2)14-17-25(28(43)31(45)38-23-15-16-23)39-30(44)27-26-24(36(26,9)10)20-42(27)32(46)29(34(3,4)5)40-33(47)41-37(18-12-11-13-19-37)21-50(48,49)35(6,7)8/h22-27,29H,11-21H2,1-10H3,(H,38,45)(H,39,44)(H2,40,41,47)/t24-,25?,26-,27-,29+/m0/s1. The van der Waals surface area contributed by atoms with Gasteiger partial charge in [-0.1, -0.05) is 67.7 Å². The van der Waals surface area contributed by atoms with Gasteiger partial charge in [-0.2, -0.15) is 0 Å². The minimum Gasteiger partial charge on any atom is -0.347 e. The molecule has 284 valence electrons. The van der Waals surface area contributed by atoms with E-state index in [1.807, 2.05) is 34.6 Å². The summed E-state index contributed by atoms with van der Waals surface area (Å²) in [4.78, 5) is 70.0. The average molecular weight is 722 g/mol. The Labute approximate surface area is 299 Å². The van der Waals surface area contributed by atoms with Crippen LogP contribution in [0.2, 0.25) is 0 Å². The highest BCUT2D eigenvalue weighted by molar-refractivity contribution is 7.92. The summed E-state index contributed by atoms with van der Waals surface area (Å²) < 4.78 is 25.7. The number of fused-ring (bicyclic) bond motifs is 1. The molecule has 12 nitrogen and oxygen atoms in total. The maximum Gasteiger partial charge on any atom is 0.315 e. The predicted molar refractivity (Wildman–Crippen MR) is 193 cm³/mol. The molecule has 5 atom stereocenters. The number of nitrogens with zero attached hydrogens (tertiary/aromatic N) is 1. The second-order valence-electron chi connectivity index (χ2n) is 18.6. The number of rotatable bonds is 13. The molecule has 1 heterocycles. The van der Waals surface area contributed by atoms with Crippen molar-refractivity contribution in [3.05, 3.63) is 0 Å². The van der Waals surface area contributed by atoms with Crippen LogP contribution >= 0.6 is 0 Å². The Morgan fingerprint density at radius 2 is 1.48 bits per heavy atom. The van der Waals surface area contributed by atoms with Crippen molar-refractivity contribution in [1.82, 2.24) is 26.2 Å². The zero-order valence-corrected chi connectivity index (χ0v) is 32.8. The highest BCUT2D eigenvalue weighted by Crippen LogP contribution is 2.65. The zero-order chi connectivity index (χ0) is 37.6. The van der Waals surface area contributed by atoms with E-state index in [0.29, 0.717) is 32.2 Å². The molecule has 5 amide bonds. The van der Waals surface area contributed by atoms with Crippen LogP contribution in [0.3, 0.4) is 0 Å². The molecule has 3 aliphatic carbocycles. The van der Waals surface area contributed by atoms with Crippen LogP contribution in [0.25, 0.3) is 0 Å². The molecule has 0 aromatic rings. The monoisotopic (exact) mass is 721 g/mol. The van der Waals surface area contributed by atoms with Gasteiger partial charge in [0.25, 0.3) is 5.91 Å². The van der Waals surface area contributed by atoms with Crippen molar-refractivity contribution in [3.8, 4) is 0 Å². The lowest BCUT2D eigenvalue weighted by Gasteiger charge is -2.41. The molecular formula is C37H63N5O7S. The minimum absolute atomic E-state index is 0.00113. The van der Waals surface area contributed by atoms with Crippen LogP contribution in [0.4, 0.5) is 4.79 Å². The Morgan fingerprint density at radius 1 is 0.880 bits per heavy atom. The van der Waals surface area contributed by atoms with Crippen molar-refractivity contribution >= 4 is 39.4 Å². The van der Waals surface area contributed by atoms with Gasteiger partial charge in [-0.25, -0.2) is 13.2 Å². The van der Waals surface area contributed by atoms with Gasteiger partial charge in [-0.05, 0) is 87.9 Å². The molecule has 50 heavy (non-hydrogen) atoms. The van der Waals surface area contributed by atoms with Crippen LogP contribution in [-0.4, -0.2) is 89.6 Å². The smallest absolute Gasteiger partial charge is 0.315 e. The number of hydrogen-bond acceptors (Lipinski definition) is 7. The highest BCUT2D eigenvalue weighted by atomic mass is 32.2. The first-order valence-electron chi connectivity index (χ1n) is 18.7. The summed E-state index contributed by atoms with van der Waals surface area (Å²) in [5, 5.41) is 11.5. The molecule has 4 rings (SSSR count). The lowest BCUT2D eigenvalue weighted by Crippen LogP contribution is -2.64. The third kappa shape index (κ3) is 9.02. The minimum atomic E-state index is -3.56. The van der Waals surface area contributed by atoms with Gasteiger partial charge in [0.05, 0.1) is 22.1 Å². The van der Waals surface area contributed by atoms with E-state index in [1.54, 1.807) is 25.7 Å². The molecular weight excluding hydrogens is 659 g/mol. The van der Waals surface area contributed by atoms with E-state index in [4.69, 9.17) is 0 Å². The molecule has 0 bridgehead atoms. The van der Waals surface area contributed by atoms with E-state index in [9.17, 15) is 32.4 Å². The van der Waals surface area contributed by atoms with E-state index in [2.05, 4.69) is 35.1 Å². The lowest BCUT2D eigenvalue weighted by atomic mass is 9.83. The van der Waals surface area contributed by atoms with Crippen molar-refractivity contribution < 1.29 is 32.4 Å². The fraction of sp³-hybridized carbons (Fsp3) is 0.865. The molecule has 4 aliphatic rings. The third-order valence-electron chi connectivity index (χ3n) is 11.5. The first-order chi connectivity index (χ1) is 22.9. The number of carbonyl (C=O) groups is 5. The number of urea groups is 1. The zero-order valence-electron chi connectivity index (χ0n) is 32.0. The van der Waals surface area contributed by atoms with E-state index >= 15 is 0 Å². The van der Waals surface area contributed by atoms with Crippen LogP contribution in [0.15, 0.2) is 0 Å². The Bertz CT molecular complexity index is 1430. The van der Waals surface area contributed by atoms with Gasteiger partial charge in [-0.3, -0.25) is 19.2 Å². The number of piperidine rings is 1. The first-order valence-corrected chi connectivity index (χ1v) is 20.3. The predicted octanol–water partition coefficient (Wildman–Crippen LogP) is 3.87. The van der Waals surface area contributed by atoms with Crippen LogP contribution < -0.4 is 21.3 Å². The maximum absolute atomic E-state index is 14.5. The summed E-state index contributed by atoms with van der Waals surface area (Å²) in [6.07, 6.45) is 6.16. The van der Waals surface area contributed by atoms with Crippen LogP contribution in [0.5, 0.6) is 0 Å². The van der Waals surface area contributed by atoms with Crippen molar-refractivity contribution in [3.63, 3.8) is 0 Å². The molecule has 1 unspecified atom stereocenters. The SMILES string of the molecule is CC(C)CCC(NC(=O)[C@@H]1[C@@H]2[C@H](CN1C(=O)[C@@H](NC(=O)NC1(CS(=O)(=O)C(C)(C)C)CCCCC1)C(C)(C)C)C2(C)C)C(=O)C(=O)NC1CC1. The maximum atomic E-state index is 14.5. The summed E-state index contributed by atoms with van der Waals surface area (Å²) in [6.45, 7) is 19.0. The number of ketones is 1. The summed E-state index contributed by atoms with van der Waals surface area (Å²) in [7, 11) is -3.56. The van der Waals surface area contributed by atoms with E-state index in [1.165, 1.54) is 0 Å². The van der Waals surface area contributed by atoms with Gasteiger partial charge in [-0.15, -0.1) is 0 Å². The highest BCUT2D eigenvalue weighted by Gasteiger charge is 2.70. The molecule has 13 heteroatoms. The number of likely N-dealkylation sites (tertiary alicyclic amines) is 1. The molecule has 0 aromatic heterocycles. The van der Waals surface area contributed by atoms with Crippen molar-refractivity contribution in [2.45, 2.75) is 161 Å². The van der Waals surface area contributed by atoms with Crippen LogP contribution in [0, 0.1) is 28.6 Å². The second kappa shape index (κ2) is 14.4. The largest absolute Gasteiger partial charge is 0.347 e. The second-order valence-corrected chi connectivity index (χ2v) is 21.4. The summed E-state index contributed by atoms with van der Waals surface area (Å²) in [5.41, 5.74) is -1.91. The number of hydrogen-bond donors (Lipinski definition) is 4. The topological polar surface area (TPSA) is 171 Å². The third-order valence-corrected chi connectivity index (χ3v) is 14.3. The Morgan fingerprint density at radius 3 is 2.00 bits per heavy atom. The summed E-state index contributed by atoms with van der Waals surface area (Å²) >= 11 is 0. The summed E-state index contributed by atoms with van der Waals surface area (Å²) in [6, 6.07) is -3.53. The van der Waals surface area contributed by atoms with Crippen molar-refractivity contribution in [2.75, 3.05) is 12.3 Å². The molecule has 4 N–H and O–H groups in total. The molecule has 1 saturated heterocycles. The first kappa shape index (κ1) is 40.1. The van der Waals surface area contributed by atoms with Gasteiger partial charge in [0.2, 0.25) is 17.6 Å². The van der Waals surface area contributed by atoms with Crippen LogP contribution in [-0.2, 0) is 29.0 Å². The number of nitrogens with one attached hydrogen (secondary N) is 4. The fourth-order valence-corrected chi connectivity index (χ4v) is 9.34. The fourth-order valence-electron chi connectivity index (χ4n) is 7.82. The normalized spacial score (nSPS) is 25.6. The van der Waals surface area contributed by atoms with Gasteiger partial charge >= 0.3 is 6.03 Å². The van der Waals surface area contributed by atoms with E-state index in [-0.39, 0.29) is 35.0 Å². The molecule has 4 fully saturated rings. The van der Waals surface area contributed by atoms with Crippen molar-refractivity contribution in [1.29, 1.82) is 0 Å². The molecule has 0 spiro atoms. The van der Waals surface area contributed by atoms with E-state index < -0.39 is 73.2 Å². The van der Waals surface area contributed by atoms with Gasteiger partial charge in [0.15, 0.2) is 9.84 Å². The van der Waals surface area contributed by atoms with Crippen LogP contribution in [0.1, 0.15) is 127 Å². The Kier molecular flexibility index (Phi) is 11.5. The van der Waals surface area contributed by atoms with Gasteiger partial charge in [0, 0.05) is 12.6 Å². The van der Waals surface area contributed by atoms with Gasteiger partial charge in [0.1, 0.15) is 12.1 Å². The average Bonchev–Trinajstić information content (AvgIpc) is 3.83. The Hall–Kier alpha value is -2.70. The Balaban J connectivity index is 1.55. The lowest BCUT2D eigenvalue weighted by molar-refractivity contribution is -0.145. The van der Waals surface area contributed by atoms with Crippen molar-refractivity contribution in [2.24, 2.45) is 28.6 Å². The number of Topliss-reactive ketones (excluding diaryl/α,β-unsaturated/α-hetero) is 1. The summed E-state index contributed by atoms with van der Waals surface area (Å²) in [5.74, 6) is -2.27. The molecule has 0 radical (unpaired) electrons. The van der Waals surface area contributed by atoms with Gasteiger partial charge < -0.3 is 26.2 Å². The quantitative estimate of drug-likeness (QED) is 0.209. The molecule has 1 aliphatic heterocycles. The molecule has 3 saturated carbocycles. The molecule has 0 aromatic carbocycles. The number of amides is 5. The number of sulfone groups is 1. The van der Waals surface area contributed by atoms with E-state index in [0.717, 1.165) is 32.1 Å². The number of carbonyl (C=O) groups excluding carboxylic acids is 5.